The molecule has 0 saturated carbocycles. The quantitative estimate of drug-likeness (QED) is 0.421. The van der Waals surface area contributed by atoms with Crippen molar-refractivity contribution >= 4 is 32.9 Å². The smallest absolute Gasteiger partial charge is 0.238 e. The standard InChI is InChI=1S/C23H17N5O2S2/c24-32(29,30)20-12-6-16(7-13-20)22-27-21-14-25-15-26-23(21)28(22)17-8-10-19(11-9-17)31-18-4-2-1-3-5-18/h1-15H,(H2,24,29,30). The highest BCUT2D eigenvalue weighted by atomic mass is 32.2. The molecular formula is C23H17N5O2S2. The van der Waals surface area contributed by atoms with Gasteiger partial charge in [0.1, 0.15) is 17.7 Å². The molecule has 2 aromatic heterocycles. The first-order chi connectivity index (χ1) is 15.5. The van der Waals surface area contributed by atoms with E-state index in [2.05, 4.69) is 22.1 Å². The third kappa shape index (κ3) is 4.01. The molecule has 0 saturated heterocycles. The minimum absolute atomic E-state index is 0.0472. The minimum Gasteiger partial charge on any atom is -0.277 e. The van der Waals surface area contributed by atoms with Crippen LogP contribution in [0, 0.1) is 0 Å². The topological polar surface area (TPSA) is 104 Å². The Balaban J connectivity index is 1.58. The summed E-state index contributed by atoms with van der Waals surface area (Å²) in [5.41, 5.74) is 2.92. The zero-order chi connectivity index (χ0) is 22.1. The summed E-state index contributed by atoms with van der Waals surface area (Å²) in [6, 6.07) is 24.6. The maximum absolute atomic E-state index is 11.6. The van der Waals surface area contributed by atoms with Crippen molar-refractivity contribution in [1.29, 1.82) is 0 Å². The maximum Gasteiger partial charge on any atom is 0.238 e. The van der Waals surface area contributed by atoms with Gasteiger partial charge >= 0.3 is 0 Å². The molecule has 9 heteroatoms. The molecule has 0 fully saturated rings. The van der Waals surface area contributed by atoms with Gasteiger partial charge in [0.2, 0.25) is 10.0 Å². The zero-order valence-electron chi connectivity index (χ0n) is 16.7. The fraction of sp³-hybridized carbons (Fsp3) is 0. The Hall–Kier alpha value is -3.53. The monoisotopic (exact) mass is 459 g/mol. The summed E-state index contributed by atoms with van der Waals surface area (Å²) in [5, 5.41) is 5.23. The molecular weight excluding hydrogens is 442 g/mol. The zero-order valence-corrected chi connectivity index (χ0v) is 18.3. The fourth-order valence-corrected chi connectivity index (χ4v) is 4.70. The lowest BCUT2D eigenvalue weighted by atomic mass is 10.2. The van der Waals surface area contributed by atoms with E-state index >= 15 is 0 Å². The van der Waals surface area contributed by atoms with Crippen LogP contribution in [0.15, 0.2) is 106 Å². The number of fused-ring (bicyclic) bond motifs is 1. The van der Waals surface area contributed by atoms with Crippen LogP contribution in [0.1, 0.15) is 0 Å². The molecule has 32 heavy (non-hydrogen) atoms. The second-order valence-corrected chi connectivity index (χ2v) is 9.69. The van der Waals surface area contributed by atoms with Gasteiger partial charge in [-0.25, -0.2) is 28.5 Å². The van der Waals surface area contributed by atoms with E-state index in [1.165, 1.54) is 18.5 Å². The van der Waals surface area contributed by atoms with E-state index in [1.807, 2.05) is 47.0 Å². The lowest BCUT2D eigenvalue weighted by Gasteiger charge is -2.10. The van der Waals surface area contributed by atoms with Crippen LogP contribution in [0.25, 0.3) is 28.2 Å². The van der Waals surface area contributed by atoms with E-state index in [1.54, 1.807) is 30.1 Å². The molecule has 0 aliphatic heterocycles. The number of nitrogens with zero attached hydrogens (tertiary/aromatic N) is 4. The Kier molecular flexibility index (Phi) is 5.22. The molecule has 2 heterocycles. The summed E-state index contributed by atoms with van der Waals surface area (Å²) in [6.45, 7) is 0. The second kappa shape index (κ2) is 8.19. The predicted octanol–water partition coefficient (Wildman–Crippen LogP) is 4.28. The molecule has 2 N–H and O–H groups in total. The largest absolute Gasteiger partial charge is 0.277 e. The number of aromatic nitrogens is 4. The van der Waals surface area contributed by atoms with Gasteiger partial charge in [-0.15, -0.1) is 0 Å². The minimum atomic E-state index is -3.77. The summed E-state index contributed by atoms with van der Waals surface area (Å²) in [4.78, 5) is 15.5. The van der Waals surface area contributed by atoms with Crippen LogP contribution >= 0.6 is 11.8 Å². The lowest BCUT2D eigenvalue weighted by Crippen LogP contribution is -2.11. The predicted molar refractivity (Wildman–Crippen MR) is 124 cm³/mol. The molecule has 7 nitrogen and oxygen atoms in total. The van der Waals surface area contributed by atoms with Gasteiger partial charge in [-0.2, -0.15) is 0 Å². The van der Waals surface area contributed by atoms with Crippen LogP contribution in [0.4, 0.5) is 0 Å². The Bertz CT molecular complexity index is 1500. The van der Waals surface area contributed by atoms with Crippen molar-refractivity contribution in [2.75, 3.05) is 0 Å². The van der Waals surface area contributed by atoms with Crippen molar-refractivity contribution in [1.82, 2.24) is 19.5 Å². The van der Waals surface area contributed by atoms with Gasteiger partial charge in [0.25, 0.3) is 0 Å². The Morgan fingerprint density at radius 1 is 0.844 bits per heavy atom. The average molecular weight is 460 g/mol. The van der Waals surface area contributed by atoms with Gasteiger partial charge in [-0.05, 0) is 60.7 Å². The SMILES string of the molecule is NS(=O)(=O)c1ccc(-c2nc3cncnc3n2-c2ccc(Sc3ccccc3)cc2)cc1. The van der Waals surface area contributed by atoms with E-state index in [4.69, 9.17) is 10.1 Å². The van der Waals surface area contributed by atoms with E-state index in [-0.39, 0.29) is 4.90 Å². The van der Waals surface area contributed by atoms with E-state index < -0.39 is 10.0 Å². The molecule has 5 rings (SSSR count). The van der Waals surface area contributed by atoms with Crippen LogP contribution in [0.2, 0.25) is 0 Å². The highest BCUT2D eigenvalue weighted by Gasteiger charge is 2.16. The summed E-state index contributed by atoms with van der Waals surface area (Å²) in [6.07, 6.45) is 3.13. The van der Waals surface area contributed by atoms with Crippen LogP contribution in [0.3, 0.4) is 0 Å². The van der Waals surface area contributed by atoms with Crippen LogP contribution in [-0.2, 0) is 10.0 Å². The van der Waals surface area contributed by atoms with Crippen LogP contribution < -0.4 is 5.14 Å². The van der Waals surface area contributed by atoms with Crippen LogP contribution in [-0.4, -0.2) is 27.9 Å². The highest BCUT2D eigenvalue weighted by Crippen LogP contribution is 2.31. The van der Waals surface area contributed by atoms with Crippen molar-refractivity contribution in [3.63, 3.8) is 0 Å². The highest BCUT2D eigenvalue weighted by molar-refractivity contribution is 7.99. The number of rotatable bonds is 5. The number of sulfonamides is 1. The second-order valence-electron chi connectivity index (χ2n) is 6.98. The molecule has 0 aliphatic carbocycles. The first-order valence-electron chi connectivity index (χ1n) is 9.64. The van der Waals surface area contributed by atoms with Gasteiger partial charge in [0.05, 0.1) is 11.1 Å². The molecule has 0 unspecified atom stereocenters. The number of hydrogen-bond acceptors (Lipinski definition) is 6. The molecule has 0 aliphatic rings. The summed E-state index contributed by atoms with van der Waals surface area (Å²) >= 11 is 1.68. The van der Waals surface area contributed by atoms with Gasteiger partial charge in [-0.1, -0.05) is 30.0 Å². The third-order valence-electron chi connectivity index (χ3n) is 4.84. The number of imidazole rings is 1. The first kappa shape index (κ1) is 20.4. The number of primary sulfonamides is 1. The molecule has 3 aromatic carbocycles. The van der Waals surface area contributed by atoms with Crippen molar-refractivity contribution in [3.05, 3.63) is 91.4 Å². The van der Waals surface area contributed by atoms with E-state index in [9.17, 15) is 8.42 Å². The Labute approximate surface area is 189 Å². The van der Waals surface area contributed by atoms with Crippen molar-refractivity contribution in [2.45, 2.75) is 14.7 Å². The van der Waals surface area contributed by atoms with Crippen molar-refractivity contribution in [3.8, 4) is 17.1 Å². The number of nitrogens with two attached hydrogens (primary N) is 1. The maximum atomic E-state index is 11.6. The number of hydrogen-bond donors (Lipinski definition) is 1. The first-order valence-corrected chi connectivity index (χ1v) is 12.0. The normalized spacial score (nSPS) is 11.7. The van der Waals surface area contributed by atoms with E-state index in [0.717, 1.165) is 21.0 Å². The summed E-state index contributed by atoms with van der Waals surface area (Å²) in [5.74, 6) is 0.630. The number of benzene rings is 3. The molecule has 0 amide bonds. The van der Waals surface area contributed by atoms with Gasteiger partial charge < -0.3 is 0 Å². The van der Waals surface area contributed by atoms with Crippen molar-refractivity contribution in [2.24, 2.45) is 5.14 Å². The summed E-state index contributed by atoms with van der Waals surface area (Å²) in [7, 11) is -3.77. The molecule has 5 aromatic rings. The molecule has 158 valence electrons. The molecule has 0 atom stereocenters. The summed E-state index contributed by atoms with van der Waals surface area (Å²) < 4.78 is 25.1. The van der Waals surface area contributed by atoms with Gasteiger partial charge in [0, 0.05) is 21.0 Å². The Morgan fingerprint density at radius 2 is 1.53 bits per heavy atom. The fourth-order valence-electron chi connectivity index (χ4n) is 3.35. The van der Waals surface area contributed by atoms with E-state index in [0.29, 0.717) is 17.0 Å². The molecule has 0 radical (unpaired) electrons. The third-order valence-corrected chi connectivity index (χ3v) is 6.78. The Morgan fingerprint density at radius 3 is 2.22 bits per heavy atom. The van der Waals surface area contributed by atoms with Crippen molar-refractivity contribution < 1.29 is 8.42 Å². The molecule has 0 spiro atoms. The van der Waals surface area contributed by atoms with Gasteiger partial charge in [-0.3, -0.25) is 4.57 Å². The van der Waals surface area contributed by atoms with Crippen LogP contribution in [0.5, 0.6) is 0 Å². The molecule has 0 bridgehead atoms. The average Bonchev–Trinajstić information content (AvgIpc) is 3.19. The lowest BCUT2D eigenvalue weighted by molar-refractivity contribution is 0.598. The van der Waals surface area contributed by atoms with Gasteiger partial charge in [0.15, 0.2) is 5.65 Å².